The minimum Gasteiger partial charge on any atom is -0.365 e. The van der Waals surface area contributed by atoms with E-state index >= 15 is 0 Å². The average molecular weight is 317 g/mol. The standard InChI is InChI=1S/C11H13BrN2O2S/c1-13(9-4-5-17-7-9)10-3-2-8(12)6-11(10)14(15)16/h2-3,6,9H,4-5,7H2,1H3. The van der Waals surface area contributed by atoms with E-state index < -0.39 is 0 Å². The van der Waals surface area contributed by atoms with Gasteiger partial charge in [-0.15, -0.1) is 0 Å². The van der Waals surface area contributed by atoms with Crippen molar-refractivity contribution in [2.24, 2.45) is 0 Å². The smallest absolute Gasteiger partial charge is 0.293 e. The molecule has 1 aromatic rings. The highest BCUT2D eigenvalue weighted by atomic mass is 79.9. The first kappa shape index (κ1) is 12.7. The van der Waals surface area contributed by atoms with E-state index in [9.17, 15) is 10.1 Å². The lowest BCUT2D eigenvalue weighted by molar-refractivity contribution is -0.384. The maximum atomic E-state index is 11.0. The van der Waals surface area contributed by atoms with Crippen LogP contribution in [-0.2, 0) is 0 Å². The SMILES string of the molecule is CN(c1ccc(Br)cc1[N+](=O)[O-])C1CCSC1. The summed E-state index contributed by atoms with van der Waals surface area (Å²) in [6, 6.07) is 5.62. The summed E-state index contributed by atoms with van der Waals surface area (Å²) in [5.74, 6) is 2.18. The van der Waals surface area contributed by atoms with E-state index in [1.807, 2.05) is 35.8 Å². The second kappa shape index (κ2) is 5.27. The number of nitrogens with zero attached hydrogens (tertiary/aromatic N) is 2. The van der Waals surface area contributed by atoms with E-state index in [2.05, 4.69) is 15.9 Å². The fourth-order valence-corrected chi connectivity index (χ4v) is 3.58. The van der Waals surface area contributed by atoms with Crippen molar-refractivity contribution in [1.82, 2.24) is 0 Å². The van der Waals surface area contributed by atoms with Crippen molar-refractivity contribution < 1.29 is 4.92 Å². The second-order valence-electron chi connectivity index (χ2n) is 4.02. The van der Waals surface area contributed by atoms with Crippen molar-refractivity contribution in [3.63, 3.8) is 0 Å². The molecule has 92 valence electrons. The highest BCUT2D eigenvalue weighted by molar-refractivity contribution is 9.10. The summed E-state index contributed by atoms with van der Waals surface area (Å²) in [6.45, 7) is 0. The minimum absolute atomic E-state index is 0.166. The molecule has 0 bridgehead atoms. The Bertz CT molecular complexity index is 435. The fraction of sp³-hybridized carbons (Fsp3) is 0.455. The Labute approximate surface area is 113 Å². The molecule has 0 spiro atoms. The van der Waals surface area contributed by atoms with Crippen molar-refractivity contribution >= 4 is 39.1 Å². The van der Waals surface area contributed by atoms with E-state index in [-0.39, 0.29) is 10.6 Å². The van der Waals surface area contributed by atoms with Crippen LogP contribution in [0, 0.1) is 10.1 Å². The molecular weight excluding hydrogens is 304 g/mol. The van der Waals surface area contributed by atoms with Crippen LogP contribution in [0.1, 0.15) is 6.42 Å². The first-order chi connectivity index (χ1) is 8.09. The van der Waals surface area contributed by atoms with Crippen LogP contribution in [0.2, 0.25) is 0 Å². The number of nitro benzene ring substituents is 1. The van der Waals surface area contributed by atoms with Gasteiger partial charge in [0, 0.05) is 29.4 Å². The van der Waals surface area contributed by atoms with Crippen LogP contribution in [0.15, 0.2) is 22.7 Å². The van der Waals surface area contributed by atoms with Gasteiger partial charge in [-0.2, -0.15) is 11.8 Å². The third-order valence-corrected chi connectivity index (χ3v) is 4.61. The molecule has 1 atom stereocenters. The van der Waals surface area contributed by atoms with Gasteiger partial charge < -0.3 is 4.90 Å². The minimum atomic E-state index is -0.321. The summed E-state index contributed by atoms with van der Waals surface area (Å²) in [5, 5.41) is 11.0. The predicted molar refractivity (Wildman–Crippen MR) is 74.9 cm³/mol. The van der Waals surface area contributed by atoms with Gasteiger partial charge in [0.1, 0.15) is 5.69 Å². The molecule has 0 radical (unpaired) electrons. The first-order valence-electron chi connectivity index (χ1n) is 5.34. The summed E-state index contributed by atoms with van der Waals surface area (Å²) in [7, 11) is 1.94. The molecule has 0 N–H and O–H groups in total. The Morgan fingerprint density at radius 3 is 2.94 bits per heavy atom. The molecular formula is C11H13BrN2O2S. The molecule has 1 heterocycles. The topological polar surface area (TPSA) is 46.4 Å². The van der Waals surface area contributed by atoms with Crippen LogP contribution in [0.5, 0.6) is 0 Å². The van der Waals surface area contributed by atoms with Crippen LogP contribution in [0.4, 0.5) is 11.4 Å². The lowest BCUT2D eigenvalue weighted by Crippen LogP contribution is -2.31. The summed E-state index contributed by atoms with van der Waals surface area (Å²) in [5.41, 5.74) is 0.865. The third kappa shape index (κ3) is 2.74. The van der Waals surface area contributed by atoms with Crippen molar-refractivity contribution in [3.05, 3.63) is 32.8 Å². The zero-order valence-corrected chi connectivity index (χ0v) is 11.8. The largest absolute Gasteiger partial charge is 0.365 e. The Hall–Kier alpha value is -0.750. The summed E-state index contributed by atoms with van der Waals surface area (Å²) in [4.78, 5) is 12.8. The molecule has 0 saturated carbocycles. The van der Waals surface area contributed by atoms with Crippen molar-refractivity contribution in [2.75, 3.05) is 23.5 Å². The first-order valence-corrected chi connectivity index (χ1v) is 7.29. The highest BCUT2D eigenvalue weighted by Crippen LogP contribution is 2.34. The lowest BCUT2D eigenvalue weighted by Gasteiger charge is -2.25. The van der Waals surface area contributed by atoms with Gasteiger partial charge in [-0.1, -0.05) is 15.9 Å². The van der Waals surface area contributed by atoms with Gasteiger partial charge in [-0.3, -0.25) is 10.1 Å². The van der Waals surface area contributed by atoms with Gasteiger partial charge in [0.25, 0.3) is 5.69 Å². The van der Waals surface area contributed by atoms with Gasteiger partial charge in [0.15, 0.2) is 0 Å². The van der Waals surface area contributed by atoms with Gasteiger partial charge >= 0.3 is 0 Å². The van der Waals surface area contributed by atoms with Crippen LogP contribution < -0.4 is 4.90 Å². The molecule has 0 aromatic heterocycles. The maximum absolute atomic E-state index is 11.0. The number of halogens is 1. The maximum Gasteiger partial charge on any atom is 0.293 e. The summed E-state index contributed by atoms with van der Waals surface area (Å²) < 4.78 is 0.738. The molecule has 1 saturated heterocycles. The van der Waals surface area contributed by atoms with Crippen molar-refractivity contribution in [1.29, 1.82) is 0 Å². The Kier molecular flexibility index (Phi) is 3.93. The van der Waals surface area contributed by atoms with E-state index in [0.717, 1.165) is 22.4 Å². The summed E-state index contributed by atoms with van der Waals surface area (Å²) >= 11 is 5.17. The lowest BCUT2D eigenvalue weighted by atomic mass is 10.2. The number of benzene rings is 1. The Balaban J connectivity index is 2.33. The van der Waals surface area contributed by atoms with Crippen molar-refractivity contribution in [2.45, 2.75) is 12.5 Å². The molecule has 1 fully saturated rings. The number of nitro groups is 1. The second-order valence-corrected chi connectivity index (χ2v) is 6.08. The average Bonchev–Trinajstić information content (AvgIpc) is 2.81. The monoisotopic (exact) mass is 316 g/mol. The summed E-state index contributed by atoms with van der Waals surface area (Å²) in [6.07, 6.45) is 1.09. The molecule has 1 unspecified atom stereocenters. The van der Waals surface area contributed by atoms with Crippen molar-refractivity contribution in [3.8, 4) is 0 Å². The molecule has 6 heteroatoms. The molecule has 1 aliphatic heterocycles. The number of rotatable bonds is 3. The molecule has 2 rings (SSSR count). The Morgan fingerprint density at radius 1 is 1.59 bits per heavy atom. The van der Waals surface area contributed by atoms with E-state index in [1.165, 1.54) is 0 Å². The van der Waals surface area contributed by atoms with Gasteiger partial charge in [0.2, 0.25) is 0 Å². The van der Waals surface area contributed by atoms with Gasteiger partial charge in [-0.25, -0.2) is 0 Å². The van der Waals surface area contributed by atoms with Crippen LogP contribution in [0.25, 0.3) is 0 Å². The zero-order valence-electron chi connectivity index (χ0n) is 9.43. The van der Waals surface area contributed by atoms with Crippen LogP contribution in [0.3, 0.4) is 0 Å². The molecule has 0 amide bonds. The quantitative estimate of drug-likeness (QED) is 0.634. The van der Waals surface area contributed by atoms with E-state index in [1.54, 1.807) is 6.07 Å². The van der Waals surface area contributed by atoms with E-state index in [4.69, 9.17) is 0 Å². The number of anilines is 1. The number of hydrogen-bond acceptors (Lipinski definition) is 4. The van der Waals surface area contributed by atoms with Gasteiger partial charge in [-0.05, 0) is 24.3 Å². The fourth-order valence-electron chi connectivity index (χ4n) is 1.97. The third-order valence-electron chi connectivity index (χ3n) is 2.97. The zero-order chi connectivity index (χ0) is 12.4. The molecule has 1 aromatic carbocycles. The molecule has 1 aliphatic rings. The number of thioether (sulfide) groups is 1. The van der Waals surface area contributed by atoms with Crippen LogP contribution in [-0.4, -0.2) is 29.5 Å². The molecule has 0 aliphatic carbocycles. The normalized spacial score (nSPS) is 19.3. The van der Waals surface area contributed by atoms with Crippen LogP contribution >= 0.6 is 27.7 Å². The number of hydrogen-bond donors (Lipinski definition) is 0. The van der Waals surface area contributed by atoms with Gasteiger partial charge in [0.05, 0.1) is 4.92 Å². The highest BCUT2D eigenvalue weighted by Gasteiger charge is 2.25. The predicted octanol–water partition coefficient (Wildman–Crippen LogP) is 3.30. The molecule has 17 heavy (non-hydrogen) atoms. The Morgan fingerprint density at radius 2 is 2.35 bits per heavy atom. The molecule has 4 nitrogen and oxygen atoms in total. The van der Waals surface area contributed by atoms with E-state index in [0.29, 0.717) is 11.7 Å².